The fraction of sp³-hybridized carbons (Fsp3) is 0.414. The maximum absolute atomic E-state index is 14.1. The smallest absolute Gasteiger partial charge is 0.411 e. The average Bonchev–Trinajstić information content (AvgIpc) is 2.93. The van der Waals surface area contributed by atoms with Crippen molar-refractivity contribution < 1.29 is 27.4 Å². The Morgan fingerprint density at radius 3 is 2.26 bits per heavy atom. The van der Waals surface area contributed by atoms with Crippen LogP contribution in [0.25, 0.3) is 0 Å². The summed E-state index contributed by atoms with van der Waals surface area (Å²) in [6, 6.07) is 19.3. The van der Waals surface area contributed by atoms with Crippen LogP contribution in [0.1, 0.15) is 54.0 Å². The van der Waals surface area contributed by atoms with Gasteiger partial charge in [-0.05, 0) is 24.0 Å². The van der Waals surface area contributed by atoms with Gasteiger partial charge in [-0.15, -0.1) is 0 Å². The third-order valence-electron chi connectivity index (χ3n) is 6.56. The molecule has 0 bridgehead atoms. The Bertz CT molecular complexity index is 1260. The lowest BCUT2D eigenvalue weighted by Gasteiger charge is -2.30. The molecule has 39 heavy (non-hydrogen) atoms. The van der Waals surface area contributed by atoms with Gasteiger partial charge in [-0.1, -0.05) is 74.0 Å². The number of halogens is 3. The first-order valence-electron chi connectivity index (χ1n) is 13.1. The van der Waals surface area contributed by atoms with Crippen LogP contribution in [0.15, 0.2) is 65.5 Å². The Kier molecular flexibility index (Phi) is 9.40. The SMILES string of the molecule is CCCCc1nc2c(c(=O)n1C(c1ccccc1)c1ccccc1)CCN(C(=O)OCCOCC(F)(F)F)C2. The summed E-state index contributed by atoms with van der Waals surface area (Å²) in [6.07, 6.45) is -2.46. The minimum absolute atomic E-state index is 0.0914. The number of hydrogen-bond donors (Lipinski definition) is 0. The number of unbranched alkanes of at least 4 members (excludes halogenated alkanes) is 1. The molecule has 0 spiro atoms. The molecule has 1 aromatic heterocycles. The number of hydrogen-bond acceptors (Lipinski definition) is 5. The zero-order valence-corrected chi connectivity index (χ0v) is 21.8. The third-order valence-corrected chi connectivity index (χ3v) is 6.56. The highest BCUT2D eigenvalue weighted by Gasteiger charge is 2.30. The molecule has 1 aliphatic rings. The van der Waals surface area contributed by atoms with E-state index in [-0.39, 0.29) is 37.9 Å². The molecule has 2 heterocycles. The minimum atomic E-state index is -4.44. The quantitative estimate of drug-likeness (QED) is 0.325. The van der Waals surface area contributed by atoms with E-state index in [4.69, 9.17) is 9.72 Å². The van der Waals surface area contributed by atoms with Crippen LogP contribution in [0, 0.1) is 0 Å². The Hall–Kier alpha value is -3.66. The number of aryl methyl sites for hydroxylation is 1. The topological polar surface area (TPSA) is 73.7 Å². The Labute approximate surface area is 225 Å². The molecule has 0 N–H and O–H groups in total. The molecular formula is C29H32F3N3O4. The molecule has 0 unspecified atom stereocenters. The van der Waals surface area contributed by atoms with Crippen molar-refractivity contribution in [1.29, 1.82) is 0 Å². The maximum Gasteiger partial charge on any atom is 0.411 e. The van der Waals surface area contributed by atoms with Crippen molar-refractivity contribution in [2.24, 2.45) is 0 Å². The number of carbonyl (C=O) groups is 1. The van der Waals surface area contributed by atoms with E-state index in [0.717, 1.165) is 24.0 Å². The average molecular weight is 544 g/mol. The summed E-state index contributed by atoms with van der Waals surface area (Å²) in [5.41, 5.74) is 2.90. The first-order chi connectivity index (χ1) is 18.8. The summed E-state index contributed by atoms with van der Waals surface area (Å²) < 4.78 is 48.0. The number of fused-ring (bicyclic) bond motifs is 1. The molecule has 4 rings (SSSR count). The molecule has 0 saturated heterocycles. The zero-order valence-electron chi connectivity index (χ0n) is 21.8. The molecule has 10 heteroatoms. The van der Waals surface area contributed by atoms with Gasteiger partial charge in [0.25, 0.3) is 5.56 Å². The van der Waals surface area contributed by atoms with Crippen LogP contribution in [-0.2, 0) is 28.9 Å². The highest BCUT2D eigenvalue weighted by atomic mass is 19.4. The molecule has 0 atom stereocenters. The van der Waals surface area contributed by atoms with Crippen molar-refractivity contribution >= 4 is 6.09 Å². The Morgan fingerprint density at radius 2 is 1.67 bits per heavy atom. The monoisotopic (exact) mass is 543 g/mol. The van der Waals surface area contributed by atoms with Crippen LogP contribution in [0.4, 0.5) is 18.0 Å². The van der Waals surface area contributed by atoms with Gasteiger partial charge in [0.2, 0.25) is 0 Å². The fourth-order valence-electron chi connectivity index (χ4n) is 4.71. The number of amides is 1. The van der Waals surface area contributed by atoms with Gasteiger partial charge in [0.1, 0.15) is 19.0 Å². The number of aromatic nitrogens is 2. The standard InChI is InChI=1S/C29H32F3N3O4/c1-2-3-14-25-33-24-19-34(28(37)39-18-17-38-20-29(30,31)32)16-15-23(24)27(36)35(25)26(21-10-6-4-7-11-21)22-12-8-5-9-13-22/h4-13,26H,2-3,14-20H2,1H3. The second-order valence-corrected chi connectivity index (χ2v) is 9.41. The van der Waals surface area contributed by atoms with E-state index in [9.17, 15) is 22.8 Å². The Balaban J connectivity index is 1.61. The normalized spacial score (nSPS) is 13.4. The summed E-state index contributed by atoms with van der Waals surface area (Å²) in [4.78, 5) is 33.0. The number of rotatable bonds is 10. The number of ether oxygens (including phenoxy) is 2. The number of carbonyl (C=O) groups excluding carboxylic acids is 1. The van der Waals surface area contributed by atoms with Gasteiger partial charge < -0.3 is 14.4 Å². The van der Waals surface area contributed by atoms with Crippen LogP contribution in [0.3, 0.4) is 0 Å². The molecule has 1 amide bonds. The Morgan fingerprint density at radius 1 is 1.03 bits per heavy atom. The van der Waals surface area contributed by atoms with Crippen molar-refractivity contribution in [1.82, 2.24) is 14.5 Å². The molecule has 0 saturated carbocycles. The van der Waals surface area contributed by atoms with E-state index >= 15 is 0 Å². The van der Waals surface area contributed by atoms with Crippen LogP contribution < -0.4 is 5.56 Å². The van der Waals surface area contributed by atoms with Crippen LogP contribution in [0.2, 0.25) is 0 Å². The molecule has 0 fully saturated rings. The lowest BCUT2D eigenvalue weighted by atomic mass is 9.97. The van der Waals surface area contributed by atoms with Crippen molar-refractivity contribution in [2.45, 2.75) is 51.4 Å². The summed E-state index contributed by atoms with van der Waals surface area (Å²) in [6.45, 7) is 0.342. The van der Waals surface area contributed by atoms with Gasteiger partial charge in [-0.25, -0.2) is 9.78 Å². The number of benzene rings is 2. The van der Waals surface area contributed by atoms with Gasteiger partial charge in [0, 0.05) is 18.5 Å². The summed E-state index contributed by atoms with van der Waals surface area (Å²) in [7, 11) is 0. The van der Waals surface area contributed by atoms with Crippen molar-refractivity contribution in [3.63, 3.8) is 0 Å². The minimum Gasteiger partial charge on any atom is -0.447 e. The molecule has 3 aromatic rings. The molecule has 2 aromatic carbocycles. The third kappa shape index (κ3) is 7.26. The second kappa shape index (κ2) is 12.9. The molecule has 0 radical (unpaired) electrons. The van der Waals surface area contributed by atoms with E-state index < -0.39 is 18.9 Å². The largest absolute Gasteiger partial charge is 0.447 e. The highest BCUT2D eigenvalue weighted by molar-refractivity contribution is 5.68. The van der Waals surface area contributed by atoms with Gasteiger partial charge in [0.05, 0.1) is 24.9 Å². The summed E-state index contributed by atoms with van der Waals surface area (Å²) in [5.74, 6) is 0.647. The molecule has 0 aliphatic carbocycles. The fourth-order valence-corrected chi connectivity index (χ4v) is 4.71. The zero-order chi connectivity index (χ0) is 27.8. The summed E-state index contributed by atoms with van der Waals surface area (Å²) >= 11 is 0. The lowest BCUT2D eigenvalue weighted by molar-refractivity contribution is -0.175. The van der Waals surface area contributed by atoms with Gasteiger partial charge in [-0.2, -0.15) is 13.2 Å². The van der Waals surface area contributed by atoms with Gasteiger partial charge in [0.15, 0.2) is 0 Å². The predicted molar refractivity (Wildman–Crippen MR) is 140 cm³/mol. The van der Waals surface area contributed by atoms with E-state index in [2.05, 4.69) is 11.7 Å². The second-order valence-electron chi connectivity index (χ2n) is 9.41. The van der Waals surface area contributed by atoms with Crippen LogP contribution in [0.5, 0.6) is 0 Å². The molecule has 1 aliphatic heterocycles. The van der Waals surface area contributed by atoms with E-state index in [1.165, 1.54) is 4.90 Å². The number of nitrogens with zero attached hydrogens (tertiary/aromatic N) is 3. The molecule has 7 nitrogen and oxygen atoms in total. The van der Waals surface area contributed by atoms with Crippen molar-refractivity contribution in [3.05, 3.63) is 99.2 Å². The lowest BCUT2D eigenvalue weighted by Crippen LogP contribution is -2.42. The van der Waals surface area contributed by atoms with Crippen LogP contribution >= 0.6 is 0 Å². The molecular weight excluding hydrogens is 511 g/mol. The predicted octanol–water partition coefficient (Wildman–Crippen LogP) is 5.30. The van der Waals surface area contributed by atoms with Gasteiger partial charge in [-0.3, -0.25) is 9.36 Å². The first kappa shape index (κ1) is 28.4. The van der Waals surface area contributed by atoms with Crippen LogP contribution in [-0.4, -0.2) is 53.1 Å². The van der Waals surface area contributed by atoms with Crippen molar-refractivity contribution in [2.75, 3.05) is 26.4 Å². The maximum atomic E-state index is 14.1. The molecule has 208 valence electrons. The van der Waals surface area contributed by atoms with E-state index in [0.29, 0.717) is 29.9 Å². The van der Waals surface area contributed by atoms with E-state index in [1.807, 2.05) is 60.7 Å². The van der Waals surface area contributed by atoms with E-state index in [1.54, 1.807) is 4.57 Å². The van der Waals surface area contributed by atoms with Gasteiger partial charge >= 0.3 is 12.3 Å². The first-order valence-corrected chi connectivity index (χ1v) is 13.1. The highest BCUT2D eigenvalue weighted by Crippen LogP contribution is 2.28. The van der Waals surface area contributed by atoms with Crippen molar-refractivity contribution in [3.8, 4) is 0 Å². The number of alkyl halides is 3. The summed E-state index contributed by atoms with van der Waals surface area (Å²) in [5, 5.41) is 0.